The van der Waals surface area contributed by atoms with E-state index in [-0.39, 0.29) is 11.9 Å². The van der Waals surface area contributed by atoms with E-state index in [0.29, 0.717) is 12.2 Å². The first-order valence-corrected chi connectivity index (χ1v) is 6.86. The Morgan fingerprint density at radius 2 is 1.75 bits per heavy atom. The molecule has 2 aromatic carbocycles. The molecule has 0 saturated heterocycles. The molecule has 0 heterocycles. The van der Waals surface area contributed by atoms with E-state index in [9.17, 15) is 4.39 Å². The smallest absolute Gasteiger partial charge is 0.126 e. The molecule has 0 aliphatic rings. The normalized spacial score (nSPS) is 12.2. The van der Waals surface area contributed by atoms with E-state index in [1.165, 1.54) is 6.07 Å². The van der Waals surface area contributed by atoms with Crippen LogP contribution < -0.4 is 10.5 Å². The third-order valence-corrected chi connectivity index (χ3v) is 3.27. The fourth-order valence-electron chi connectivity index (χ4n) is 1.99. The lowest BCUT2D eigenvalue weighted by Gasteiger charge is -2.14. The lowest BCUT2D eigenvalue weighted by Crippen LogP contribution is -2.12. The van der Waals surface area contributed by atoms with Crippen LogP contribution in [0.2, 0.25) is 0 Å². The van der Waals surface area contributed by atoms with Gasteiger partial charge in [0.2, 0.25) is 0 Å². The summed E-state index contributed by atoms with van der Waals surface area (Å²) in [7, 11) is 0. The highest BCUT2D eigenvalue weighted by atomic mass is 19.1. The third-order valence-electron chi connectivity index (χ3n) is 3.27. The first kappa shape index (κ1) is 14.5. The molecule has 0 aliphatic carbocycles. The summed E-state index contributed by atoms with van der Waals surface area (Å²) in [5.74, 6) is 0.610. The average molecular weight is 273 g/mol. The monoisotopic (exact) mass is 273 g/mol. The van der Waals surface area contributed by atoms with E-state index >= 15 is 0 Å². The minimum atomic E-state index is -0.328. The Morgan fingerprint density at radius 1 is 1.10 bits per heavy atom. The van der Waals surface area contributed by atoms with Crippen LogP contribution >= 0.6 is 0 Å². The molecular weight excluding hydrogens is 253 g/mol. The van der Waals surface area contributed by atoms with Gasteiger partial charge in [-0.3, -0.25) is 0 Å². The van der Waals surface area contributed by atoms with Gasteiger partial charge in [0.15, 0.2) is 0 Å². The highest BCUT2D eigenvalue weighted by Crippen LogP contribution is 2.23. The molecule has 0 amide bonds. The molecule has 0 aliphatic heterocycles. The van der Waals surface area contributed by atoms with Gasteiger partial charge in [-0.05, 0) is 48.2 Å². The topological polar surface area (TPSA) is 35.2 Å². The molecular formula is C17H20FNO. The van der Waals surface area contributed by atoms with Gasteiger partial charge >= 0.3 is 0 Å². The van der Waals surface area contributed by atoms with E-state index in [0.717, 1.165) is 23.3 Å². The molecule has 2 N–H and O–H groups in total. The van der Waals surface area contributed by atoms with Gasteiger partial charge in [-0.15, -0.1) is 0 Å². The maximum Gasteiger partial charge on any atom is 0.126 e. The van der Waals surface area contributed by atoms with Gasteiger partial charge in [0, 0.05) is 0 Å². The first-order chi connectivity index (χ1) is 9.61. The Labute approximate surface area is 119 Å². The molecule has 3 heteroatoms. The molecule has 0 saturated carbocycles. The third kappa shape index (κ3) is 3.36. The van der Waals surface area contributed by atoms with E-state index in [2.05, 4.69) is 6.92 Å². The van der Waals surface area contributed by atoms with Crippen molar-refractivity contribution >= 4 is 0 Å². The summed E-state index contributed by atoms with van der Waals surface area (Å²) < 4.78 is 19.1. The van der Waals surface area contributed by atoms with Crippen LogP contribution in [-0.2, 0) is 0 Å². The van der Waals surface area contributed by atoms with Crippen molar-refractivity contribution in [2.45, 2.75) is 26.3 Å². The Balaban J connectivity index is 2.15. The number of aryl methyl sites for hydroxylation is 1. The summed E-state index contributed by atoms with van der Waals surface area (Å²) in [5, 5.41) is 0. The van der Waals surface area contributed by atoms with Crippen molar-refractivity contribution in [3.05, 3.63) is 65.0 Å². The predicted molar refractivity (Wildman–Crippen MR) is 79.4 cm³/mol. The predicted octanol–water partition coefficient (Wildman–Crippen LogP) is 3.97. The van der Waals surface area contributed by atoms with Crippen LogP contribution in [0.1, 0.15) is 36.1 Å². The fraction of sp³-hybridized carbons (Fsp3) is 0.294. The Kier molecular flexibility index (Phi) is 4.74. The van der Waals surface area contributed by atoms with Gasteiger partial charge in [0.1, 0.15) is 11.6 Å². The van der Waals surface area contributed by atoms with Crippen LogP contribution in [0.5, 0.6) is 5.75 Å². The minimum absolute atomic E-state index is 0.221. The van der Waals surface area contributed by atoms with Gasteiger partial charge in [0.05, 0.1) is 12.6 Å². The molecule has 20 heavy (non-hydrogen) atoms. The SMILES string of the molecule is CCCOc1ccc(C(N)c2ccc(C)c(F)c2)cc1. The standard InChI is InChI=1S/C17H20FNO/c1-3-10-20-15-8-6-13(7-9-15)17(19)14-5-4-12(2)16(18)11-14/h4-9,11,17H,3,10,19H2,1-2H3. The van der Waals surface area contributed by atoms with E-state index < -0.39 is 0 Å². The summed E-state index contributed by atoms with van der Waals surface area (Å²) in [6.07, 6.45) is 0.976. The molecule has 0 radical (unpaired) electrons. The molecule has 106 valence electrons. The zero-order valence-corrected chi connectivity index (χ0v) is 11.9. The zero-order valence-electron chi connectivity index (χ0n) is 11.9. The zero-order chi connectivity index (χ0) is 14.5. The Hall–Kier alpha value is -1.87. The Morgan fingerprint density at radius 3 is 2.35 bits per heavy atom. The van der Waals surface area contributed by atoms with Crippen LogP contribution in [0.15, 0.2) is 42.5 Å². The number of halogens is 1. The van der Waals surface area contributed by atoms with Gasteiger partial charge < -0.3 is 10.5 Å². The van der Waals surface area contributed by atoms with Crippen molar-refractivity contribution in [2.24, 2.45) is 5.73 Å². The number of hydrogen-bond donors (Lipinski definition) is 1. The molecule has 0 aromatic heterocycles. The molecule has 2 aromatic rings. The van der Waals surface area contributed by atoms with E-state index in [4.69, 9.17) is 10.5 Å². The molecule has 1 unspecified atom stereocenters. The molecule has 1 atom stereocenters. The van der Waals surface area contributed by atoms with Crippen molar-refractivity contribution in [3.8, 4) is 5.75 Å². The summed E-state index contributed by atoms with van der Waals surface area (Å²) in [6, 6.07) is 12.4. The number of ether oxygens (including phenoxy) is 1. The largest absolute Gasteiger partial charge is 0.494 e. The van der Waals surface area contributed by atoms with Crippen molar-refractivity contribution in [1.29, 1.82) is 0 Å². The lowest BCUT2D eigenvalue weighted by atomic mass is 9.98. The fourth-order valence-corrected chi connectivity index (χ4v) is 1.99. The van der Waals surface area contributed by atoms with Crippen LogP contribution in [-0.4, -0.2) is 6.61 Å². The van der Waals surface area contributed by atoms with Gasteiger partial charge in [-0.2, -0.15) is 0 Å². The van der Waals surface area contributed by atoms with Gasteiger partial charge in [-0.25, -0.2) is 4.39 Å². The van der Waals surface area contributed by atoms with Crippen molar-refractivity contribution in [3.63, 3.8) is 0 Å². The molecule has 2 nitrogen and oxygen atoms in total. The van der Waals surface area contributed by atoms with Crippen molar-refractivity contribution in [2.75, 3.05) is 6.61 Å². The highest BCUT2D eigenvalue weighted by Gasteiger charge is 2.10. The molecule has 0 bridgehead atoms. The van der Waals surface area contributed by atoms with Crippen LogP contribution in [0, 0.1) is 12.7 Å². The van der Waals surface area contributed by atoms with Crippen LogP contribution in [0.4, 0.5) is 4.39 Å². The molecule has 0 spiro atoms. The molecule has 0 fully saturated rings. The number of nitrogens with two attached hydrogens (primary N) is 1. The van der Waals surface area contributed by atoms with E-state index in [1.54, 1.807) is 13.0 Å². The maximum absolute atomic E-state index is 13.6. The summed E-state index contributed by atoms with van der Waals surface area (Å²) in [6.45, 7) is 4.51. The molecule has 2 rings (SSSR count). The second-order valence-corrected chi connectivity index (χ2v) is 4.90. The summed E-state index contributed by atoms with van der Waals surface area (Å²) in [5.41, 5.74) is 8.52. The first-order valence-electron chi connectivity index (χ1n) is 6.86. The summed E-state index contributed by atoms with van der Waals surface area (Å²) in [4.78, 5) is 0. The number of benzene rings is 2. The average Bonchev–Trinajstić information content (AvgIpc) is 2.48. The minimum Gasteiger partial charge on any atom is -0.494 e. The second-order valence-electron chi connectivity index (χ2n) is 4.90. The quantitative estimate of drug-likeness (QED) is 0.894. The number of rotatable bonds is 5. The summed E-state index contributed by atoms with van der Waals surface area (Å²) >= 11 is 0. The number of hydrogen-bond acceptors (Lipinski definition) is 2. The van der Waals surface area contributed by atoms with E-state index in [1.807, 2.05) is 30.3 Å². The lowest BCUT2D eigenvalue weighted by molar-refractivity contribution is 0.317. The highest BCUT2D eigenvalue weighted by molar-refractivity contribution is 5.36. The van der Waals surface area contributed by atoms with Crippen LogP contribution in [0.25, 0.3) is 0 Å². The van der Waals surface area contributed by atoms with Gasteiger partial charge in [0.25, 0.3) is 0 Å². The Bertz CT molecular complexity index is 566. The van der Waals surface area contributed by atoms with Crippen LogP contribution in [0.3, 0.4) is 0 Å². The van der Waals surface area contributed by atoms with Crippen molar-refractivity contribution in [1.82, 2.24) is 0 Å². The second kappa shape index (κ2) is 6.53. The van der Waals surface area contributed by atoms with Crippen molar-refractivity contribution < 1.29 is 9.13 Å². The van der Waals surface area contributed by atoms with Gasteiger partial charge in [-0.1, -0.05) is 31.2 Å². The maximum atomic E-state index is 13.6.